The number of aryl methyl sites for hydroxylation is 1. The van der Waals surface area contributed by atoms with Crippen LogP contribution in [0.5, 0.6) is 0 Å². The van der Waals surface area contributed by atoms with Gasteiger partial charge in [-0.25, -0.2) is 4.79 Å². The molecule has 0 bridgehead atoms. The molecule has 0 aromatic carbocycles. The molecule has 0 aliphatic heterocycles. The number of carbonyl (C=O) groups excluding carboxylic acids is 1. The maximum Gasteiger partial charge on any atom is 0.326 e. The molecule has 7 nitrogen and oxygen atoms in total. The minimum atomic E-state index is -1.14. The predicted octanol–water partition coefficient (Wildman–Crippen LogP) is 0.293. The van der Waals surface area contributed by atoms with Crippen LogP contribution < -0.4 is 10.7 Å². The third kappa shape index (κ3) is 4.51. The fourth-order valence-corrected chi connectivity index (χ4v) is 1.68. The number of aromatic nitrogens is 1. The van der Waals surface area contributed by atoms with Crippen molar-refractivity contribution in [3.63, 3.8) is 0 Å². The van der Waals surface area contributed by atoms with Crippen LogP contribution in [0.4, 0.5) is 0 Å². The Bertz CT molecular complexity index is 538. The first-order valence-electron chi connectivity index (χ1n) is 6.17. The number of ether oxygens (including phenoxy) is 1. The summed E-state index contributed by atoms with van der Waals surface area (Å²) in [4.78, 5) is 37.3. The Kier molecular flexibility index (Phi) is 5.92. The molecule has 0 saturated carbocycles. The normalized spacial score (nSPS) is 11.9. The van der Waals surface area contributed by atoms with Gasteiger partial charge in [0, 0.05) is 31.7 Å². The van der Waals surface area contributed by atoms with Crippen LogP contribution in [0.25, 0.3) is 0 Å². The van der Waals surface area contributed by atoms with Gasteiger partial charge in [0.15, 0.2) is 5.43 Å². The predicted molar refractivity (Wildman–Crippen MR) is 71.8 cm³/mol. The molecule has 7 heteroatoms. The summed E-state index contributed by atoms with van der Waals surface area (Å²) in [5.41, 5.74) is 0.0785. The molecule has 0 aliphatic carbocycles. The number of aromatic amines is 1. The Hall–Kier alpha value is -2.15. The van der Waals surface area contributed by atoms with Crippen molar-refractivity contribution in [2.75, 3.05) is 13.7 Å². The van der Waals surface area contributed by atoms with Crippen molar-refractivity contribution in [2.45, 2.75) is 25.8 Å². The number of nitrogens with one attached hydrogen (secondary N) is 2. The van der Waals surface area contributed by atoms with Crippen LogP contribution in [0, 0.1) is 6.92 Å². The highest BCUT2D eigenvalue weighted by atomic mass is 16.5. The number of H-pyrrole nitrogens is 1. The van der Waals surface area contributed by atoms with Gasteiger partial charge in [-0.1, -0.05) is 0 Å². The number of pyridine rings is 1. The largest absolute Gasteiger partial charge is 0.480 e. The van der Waals surface area contributed by atoms with Gasteiger partial charge in [0.1, 0.15) is 11.6 Å². The van der Waals surface area contributed by atoms with Crippen LogP contribution in [0.3, 0.4) is 0 Å². The standard InChI is InChI=1S/C13H18N2O5/c1-8-6-11(16)9(7-14-8)12(17)15-10(13(18)19)4-3-5-20-2/h6-7,10H,3-5H2,1-2H3,(H,14,16)(H,15,17)(H,18,19). The Morgan fingerprint density at radius 1 is 1.50 bits per heavy atom. The van der Waals surface area contributed by atoms with Gasteiger partial charge in [0.05, 0.1) is 0 Å². The highest BCUT2D eigenvalue weighted by Gasteiger charge is 2.21. The number of amides is 1. The summed E-state index contributed by atoms with van der Waals surface area (Å²) in [5, 5.41) is 11.4. The van der Waals surface area contributed by atoms with E-state index in [9.17, 15) is 14.4 Å². The monoisotopic (exact) mass is 282 g/mol. The fourth-order valence-electron chi connectivity index (χ4n) is 1.68. The number of hydrogen-bond acceptors (Lipinski definition) is 4. The van der Waals surface area contributed by atoms with E-state index in [4.69, 9.17) is 9.84 Å². The molecule has 3 N–H and O–H groups in total. The summed E-state index contributed by atoms with van der Waals surface area (Å²) in [6.07, 6.45) is 2.01. The zero-order chi connectivity index (χ0) is 15.1. The Morgan fingerprint density at radius 2 is 2.20 bits per heavy atom. The number of rotatable bonds is 7. The van der Waals surface area contributed by atoms with Crippen LogP contribution in [0.15, 0.2) is 17.1 Å². The van der Waals surface area contributed by atoms with E-state index < -0.39 is 23.3 Å². The molecule has 0 fully saturated rings. The van der Waals surface area contributed by atoms with E-state index in [1.54, 1.807) is 6.92 Å². The average Bonchev–Trinajstić information content (AvgIpc) is 2.37. The molecule has 20 heavy (non-hydrogen) atoms. The van der Waals surface area contributed by atoms with Crippen molar-refractivity contribution >= 4 is 11.9 Å². The maximum atomic E-state index is 11.9. The lowest BCUT2D eigenvalue weighted by Gasteiger charge is -2.14. The number of carboxylic acid groups (broad SMARTS) is 1. The molecule has 0 aliphatic rings. The van der Waals surface area contributed by atoms with Gasteiger partial charge >= 0.3 is 5.97 Å². The summed E-state index contributed by atoms with van der Waals surface area (Å²) in [6, 6.07) is 0.244. The number of carbonyl (C=O) groups is 2. The van der Waals surface area contributed by atoms with E-state index in [0.29, 0.717) is 18.7 Å². The van der Waals surface area contributed by atoms with Gasteiger partial charge in [0.2, 0.25) is 0 Å². The summed E-state index contributed by atoms with van der Waals surface area (Å²) in [6.45, 7) is 2.10. The van der Waals surface area contributed by atoms with Gasteiger partial charge in [-0.15, -0.1) is 0 Å². The quantitative estimate of drug-likeness (QED) is 0.623. The van der Waals surface area contributed by atoms with Gasteiger partial charge < -0.3 is 20.1 Å². The molecule has 0 spiro atoms. The molecule has 0 radical (unpaired) electrons. The summed E-state index contributed by atoms with van der Waals surface area (Å²) in [7, 11) is 1.51. The van der Waals surface area contributed by atoms with Crippen LogP contribution >= 0.6 is 0 Å². The Labute approximate surface area is 116 Å². The minimum Gasteiger partial charge on any atom is -0.480 e. The fraction of sp³-hybridized carbons (Fsp3) is 0.462. The number of aliphatic carboxylic acids is 1. The van der Waals surface area contributed by atoms with Crippen molar-refractivity contribution in [3.05, 3.63) is 33.7 Å². The molecule has 1 amide bonds. The Balaban J connectivity index is 2.75. The van der Waals surface area contributed by atoms with Crippen molar-refractivity contribution in [3.8, 4) is 0 Å². The molecule has 0 saturated heterocycles. The second-order valence-corrected chi connectivity index (χ2v) is 4.39. The van der Waals surface area contributed by atoms with E-state index in [1.807, 2.05) is 0 Å². The van der Waals surface area contributed by atoms with E-state index in [0.717, 1.165) is 0 Å². The van der Waals surface area contributed by atoms with Crippen LogP contribution in [0.1, 0.15) is 28.9 Å². The maximum absolute atomic E-state index is 11.9. The SMILES string of the molecule is COCCCC(NC(=O)c1c[nH]c(C)cc1=O)C(=O)O. The van der Waals surface area contributed by atoms with Crippen molar-refractivity contribution in [2.24, 2.45) is 0 Å². The van der Waals surface area contributed by atoms with Gasteiger partial charge in [0.25, 0.3) is 5.91 Å². The first-order chi connectivity index (χ1) is 9.45. The van der Waals surface area contributed by atoms with Gasteiger partial charge in [-0.3, -0.25) is 9.59 Å². The summed E-state index contributed by atoms with van der Waals surface area (Å²) < 4.78 is 4.83. The highest BCUT2D eigenvalue weighted by molar-refractivity contribution is 5.96. The second kappa shape index (κ2) is 7.44. The third-order valence-electron chi connectivity index (χ3n) is 2.75. The van der Waals surface area contributed by atoms with Crippen molar-refractivity contribution < 1.29 is 19.4 Å². The topological polar surface area (TPSA) is 108 Å². The van der Waals surface area contributed by atoms with Crippen LogP contribution in [-0.2, 0) is 9.53 Å². The highest BCUT2D eigenvalue weighted by Crippen LogP contribution is 2.00. The molecular formula is C13H18N2O5. The van der Waals surface area contributed by atoms with Crippen LogP contribution in [0.2, 0.25) is 0 Å². The minimum absolute atomic E-state index is 0.103. The second-order valence-electron chi connectivity index (χ2n) is 4.39. The number of hydrogen-bond donors (Lipinski definition) is 3. The molecule has 1 atom stereocenters. The molecule has 110 valence electrons. The lowest BCUT2D eigenvalue weighted by molar-refractivity contribution is -0.139. The average molecular weight is 282 g/mol. The lowest BCUT2D eigenvalue weighted by Crippen LogP contribution is -2.42. The lowest BCUT2D eigenvalue weighted by atomic mass is 10.1. The molecular weight excluding hydrogens is 264 g/mol. The van der Waals surface area contributed by atoms with Crippen molar-refractivity contribution in [1.82, 2.24) is 10.3 Å². The zero-order valence-corrected chi connectivity index (χ0v) is 11.4. The molecule has 1 heterocycles. The van der Waals surface area contributed by atoms with E-state index in [-0.39, 0.29) is 12.0 Å². The van der Waals surface area contributed by atoms with Gasteiger partial charge in [-0.2, -0.15) is 0 Å². The first-order valence-corrected chi connectivity index (χ1v) is 6.17. The molecule has 1 aromatic rings. The Morgan fingerprint density at radius 3 is 2.75 bits per heavy atom. The van der Waals surface area contributed by atoms with E-state index in [1.165, 1.54) is 19.4 Å². The molecule has 1 rings (SSSR count). The third-order valence-corrected chi connectivity index (χ3v) is 2.75. The van der Waals surface area contributed by atoms with E-state index in [2.05, 4.69) is 10.3 Å². The van der Waals surface area contributed by atoms with E-state index >= 15 is 0 Å². The summed E-state index contributed by atoms with van der Waals surface area (Å²) >= 11 is 0. The number of carboxylic acids is 1. The zero-order valence-electron chi connectivity index (χ0n) is 11.4. The van der Waals surface area contributed by atoms with Crippen LogP contribution in [-0.4, -0.2) is 41.7 Å². The summed E-state index contributed by atoms with van der Waals surface area (Å²) in [5.74, 6) is -1.84. The van der Waals surface area contributed by atoms with Crippen molar-refractivity contribution in [1.29, 1.82) is 0 Å². The first kappa shape index (κ1) is 15.9. The number of methoxy groups -OCH3 is 1. The molecule has 1 aromatic heterocycles. The molecule has 1 unspecified atom stereocenters. The smallest absolute Gasteiger partial charge is 0.326 e. The van der Waals surface area contributed by atoms with Gasteiger partial charge in [-0.05, 0) is 19.8 Å².